The third-order valence-corrected chi connectivity index (χ3v) is 5.99. The number of allylic oxidation sites excluding steroid dienone is 2. The molecule has 0 spiro atoms. The highest BCUT2D eigenvalue weighted by Gasteiger charge is 2.67. The van der Waals surface area contributed by atoms with Crippen molar-refractivity contribution < 1.29 is 19.5 Å². The molecule has 22 heavy (non-hydrogen) atoms. The largest absolute Gasteiger partial charge is 0.480 e. The first-order valence-corrected chi connectivity index (χ1v) is 8.20. The zero-order chi connectivity index (χ0) is 15.8. The summed E-state index contributed by atoms with van der Waals surface area (Å²) in [6, 6.07) is -1.01. The van der Waals surface area contributed by atoms with E-state index >= 15 is 0 Å². The molecular weight excluding hydrogens is 282 g/mol. The Bertz CT molecular complexity index is 559. The van der Waals surface area contributed by atoms with E-state index in [1.165, 1.54) is 0 Å². The highest BCUT2D eigenvalue weighted by atomic mass is 16.4. The van der Waals surface area contributed by atoms with Crippen molar-refractivity contribution in [1.82, 2.24) is 4.90 Å². The SMILES string of the molecule is CC(C)C[C@H](C(=O)O)N1C(=O)[C@@H]2[C@H]3C=C[C@@H]([C@@H]4C[C@@H]34)[C@@H]2C1=O. The van der Waals surface area contributed by atoms with Gasteiger partial charge in [0.25, 0.3) is 0 Å². The molecular formula is C17H21NO4. The molecule has 0 aromatic carbocycles. The summed E-state index contributed by atoms with van der Waals surface area (Å²) >= 11 is 0. The van der Waals surface area contributed by atoms with Gasteiger partial charge in [0.05, 0.1) is 11.8 Å². The van der Waals surface area contributed by atoms with Gasteiger partial charge in [0.1, 0.15) is 6.04 Å². The molecule has 5 rings (SSSR count). The molecule has 5 aliphatic rings. The number of carboxylic acid groups (broad SMARTS) is 1. The molecule has 7 atom stereocenters. The van der Waals surface area contributed by atoms with Gasteiger partial charge in [-0.2, -0.15) is 0 Å². The van der Waals surface area contributed by atoms with Gasteiger partial charge in [-0.05, 0) is 42.4 Å². The Morgan fingerprint density at radius 2 is 1.68 bits per heavy atom. The number of carbonyl (C=O) groups excluding carboxylic acids is 2. The topological polar surface area (TPSA) is 74.7 Å². The molecule has 0 aromatic rings. The van der Waals surface area contributed by atoms with Gasteiger partial charge >= 0.3 is 5.97 Å². The van der Waals surface area contributed by atoms with Crippen LogP contribution in [0.5, 0.6) is 0 Å². The number of rotatable bonds is 4. The lowest BCUT2D eigenvalue weighted by molar-refractivity contribution is -0.155. The summed E-state index contributed by atoms with van der Waals surface area (Å²) in [7, 11) is 0. The first-order chi connectivity index (χ1) is 10.4. The Kier molecular flexibility index (Phi) is 2.81. The van der Waals surface area contributed by atoms with Crippen molar-refractivity contribution in [3.63, 3.8) is 0 Å². The van der Waals surface area contributed by atoms with Crippen molar-refractivity contribution in [2.45, 2.75) is 32.7 Å². The second-order valence-corrected chi connectivity index (χ2v) is 7.68. The molecule has 118 valence electrons. The summed E-state index contributed by atoms with van der Waals surface area (Å²) in [6.07, 6.45) is 5.64. The fraction of sp³-hybridized carbons (Fsp3) is 0.706. The van der Waals surface area contributed by atoms with E-state index in [1.54, 1.807) is 0 Å². The zero-order valence-electron chi connectivity index (χ0n) is 12.8. The summed E-state index contributed by atoms with van der Waals surface area (Å²) in [5, 5.41) is 9.50. The predicted molar refractivity (Wildman–Crippen MR) is 77.4 cm³/mol. The van der Waals surface area contributed by atoms with E-state index in [2.05, 4.69) is 12.2 Å². The van der Waals surface area contributed by atoms with Crippen LogP contribution in [0.1, 0.15) is 26.7 Å². The maximum absolute atomic E-state index is 12.8. The van der Waals surface area contributed by atoms with Gasteiger partial charge in [-0.3, -0.25) is 14.5 Å². The molecule has 5 heteroatoms. The number of hydrogen-bond donors (Lipinski definition) is 1. The van der Waals surface area contributed by atoms with Gasteiger partial charge < -0.3 is 5.11 Å². The Balaban J connectivity index is 1.68. The maximum Gasteiger partial charge on any atom is 0.326 e. The van der Waals surface area contributed by atoms with E-state index in [-0.39, 0.29) is 41.4 Å². The number of imide groups is 1. The van der Waals surface area contributed by atoms with E-state index in [1.807, 2.05) is 13.8 Å². The summed E-state index contributed by atoms with van der Waals surface area (Å²) in [6.45, 7) is 3.82. The monoisotopic (exact) mass is 303 g/mol. The number of carboxylic acids is 1. The molecule has 0 unspecified atom stereocenters. The molecule has 1 N–H and O–H groups in total. The molecule has 1 heterocycles. The van der Waals surface area contributed by atoms with Gasteiger partial charge in [0.2, 0.25) is 11.8 Å². The Morgan fingerprint density at radius 3 is 2.09 bits per heavy atom. The second-order valence-electron chi connectivity index (χ2n) is 7.68. The molecule has 1 aliphatic heterocycles. The van der Waals surface area contributed by atoms with Crippen LogP contribution in [0.3, 0.4) is 0 Å². The fourth-order valence-corrected chi connectivity index (χ4v) is 5.05. The van der Waals surface area contributed by atoms with Gasteiger partial charge in [-0.25, -0.2) is 4.79 Å². The van der Waals surface area contributed by atoms with Crippen molar-refractivity contribution in [2.75, 3.05) is 0 Å². The summed E-state index contributed by atoms with van der Waals surface area (Å²) in [5.74, 6) is -0.666. The average Bonchev–Trinajstić information content (AvgIpc) is 3.22. The molecule has 2 saturated carbocycles. The molecule has 0 aromatic heterocycles. The molecule has 0 radical (unpaired) electrons. The lowest BCUT2D eigenvalue weighted by Crippen LogP contribution is -2.46. The lowest BCUT2D eigenvalue weighted by atomic mass is 9.63. The Labute approximate surface area is 129 Å². The smallest absolute Gasteiger partial charge is 0.326 e. The van der Waals surface area contributed by atoms with Crippen LogP contribution in [-0.4, -0.2) is 33.8 Å². The van der Waals surface area contributed by atoms with Crippen molar-refractivity contribution in [1.29, 1.82) is 0 Å². The standard InChI is InChI=1S/C17H21NO4/c1-7(2)5-12(17(21)22)18-15(19)13-8-3-4-9(11-6-10(8)11)14(13)16(18)20/h3-4,7-14H,5-6H2,1-2H3,(H,21,22)/t8-,9-,10-,11-,12+,13-,14+/m0/s1. The van der Waals surface area contributed by atoms with Gasteiger partial charge in [-0.15, -0.1) is 0 Å². The molecule has 2 amide bonds. The van der Waals surface area contributed by atoms with Crippen molar-refractivity contribution in [2.24, 2.45) is 41.4 Å². The van der Waals surface area contributed by atoms with E-state index in [0.29, 0.717) is 18.3 Å². The molecule has 3 fully saturated rings. The van der Waals surface area contributed by atoms with E-state index in [9.17, 15) is 19.5 Å². The highest BCUT2D eigenvalue weighted by molar-refractivity contribution is 6.08. The Hall–Kier alpha value is -1.65. The lowest BCUT2D eigenvalue weighted by Gasteiger charge is -2.37. The third-order valence-electron chi connectivity index (χ3n) is 5.99. The second kappa shape index (κ2) is 4.43. The summed E-state index contributed by atoms with van der Waals surface area (Å²) < 4.78 is 0. The summed E-state index contributed by atoms with van der Waals surface area (Å²) in [5.41, 5.74) is 0. The number of carbonyl (C=O) groups is 3. The highest BCUT2D eigenvalue weighted by Crippen LogP contribution is 2.65. The number of aliphatic carboxylic acids is 1. The number of amides is 2. The minimum atomic E-state index is -1.07. The fourth-order valence-electron chi connectivity index (χ4n) is 5.05. The Morgan fingerprint density at radius 1 is 1.18 bits per heavy atom. The van der Waals surface area contributed by atoms with E-state index in [4.69, 9.17) is 0 Å². The third kappa shape index (κ3) is 1.68. The van der Waals surface area contributed by atoms with Crippen molar-refractivity contribution in [3.05, 3.63) is 12.2 Å². The van der Waals surface area contributed by atoms with Crippen LogP contribution in [0.25, 0.3) is 0 Å². The number of hydrogen-bond acceptors (Lipinski definition) is 3. The minimum Gasteiger partial charge on any atom is -0.480 e. The van der Waals surface area contributed by atoms with Crippen molar-refractivity contribution >= 4 is 17.8 Å². The van der Waals surface area contributed by atoms with E-state index in [0.717, 1.165) is 11.3 Å². The predicted octanol–water partition coefficient (Wildman–Crippen LogP) is 1.54. The first-order valence-electron chi connectivity index (χ1n) is 8.20. The first kappa shape index (κ1) is 14.0. The van der Waals surface area contributed by atoms with Gasteiger partial charge in [0, 0.05) is 0 Å². The van der Waals surface area contributed by atoms with Crippen LogP contribution in [0.15, 0.2) is 12.2 Å². The van der Waals surface area contributed by atoms with Crippen LogP contribution in [0, 0.1) is 41.4 Å². The molecule has 5 nitrogen and oxygen atoms in total. The normalized spacial score (nSPS) is 42.6. The van der Waals surface area contributed by atoms with Crippen LogP contribution in [0.4, 0.5) is 0 Å². The quantitative estimate of drug-likeness (QED) is 0.631. The maximum atomic E-state index is 12.8. The van der Waals surface area contributed by atoms with Crippen molar-refractivity contribution in [3.8, 4) is 0 Å². The molecule has 4 aliphatic carbocycles. The van der Waals surface area contributed by atoms with Crippen LogP contribution in [0.2, 0.25) is 0 Å². The van der Waals surface area contributed by atoms with E-state index < -0.39 is 12.0 Å². The number of likely N-dealkylation sites (tertiary alicyclic amines) is 1. The average molecular weight is 303 g/mol. The van der Waals surface area contributed by atoms with Crippen LogP contribution in [-0.2, 0) is 14.4 Å². The van der Waals surface area contributed by atoms with Gasteiger partial charge in [-0.1, -0.05) is 26.0 Å². The number of nitrogens with zero attached hydrogens (tertiary/aromatic N) is 1. The van der Waals surface area contributed by atoms with Crippen LogP contribution >= 0.6 is 0 Å². The van der Waals surface area contributed by atoms with Gasteiger partial charge in [0.15, 0.2) is 0 Å². The summed E-state index contributed by atoms with van der Waals surface area (Å²) in [4.78, 5) is 38.4. The van der Waals surface area contributed by atoms with Crippen LogP contribution < -0.4 is 0 Å². The molecule has 1 saturated heterocycles. The zero-order valence-corrected chi connectivity index (χ0v) is 12.8. The minimum absolute atomic E-state index is 0.118. The molecule has 2 bridgehead atoms.